The summed E-state index contributed by atoms with van der Waals surface area (Å²) in [6, 6.07) is 30.7. The van der Waals surface area contributed by atoms with Crippen LogP contribution in [0.2, 0.25) is 0 Å². The maximum atomic E-state index is 6.49. The number of thioether (sulfide) groups is 1. The van der Waals surface area contributed by atoms with E-state index in [4.69, 9.17) is 18.9 Å². The van der Waals surface area contributed by atoms with Crippen molar-refractivity contribution >= 4 is 11.8 Å². The molecular weight excluding hydrogens is 456 g/mol. The molecule has 35 heavy (non-hydrogen) atoms. The summed E-state index contributed by atoms with van der Waals surface area (Å²) >= 11 is 1.74. The fourth-order valence-electron chi connectivity index (χ4n) is 4.10. The van der Waals surface area contributed by atoms with Gasteiger partial charge in [-0.3, -0.25) is 0 Å². The molecule has 0 amide bonds. The third-order valence-electron chi connectivity index (χ3n) is 5.87. The van der Waals surface area contributed by atoms with Crippen LogP contribution in [0.4, 0.5) is 0 Å². The summed E-state index contributed by atoms with van der Waals surface area (Å²) in [7, 11) is 0. The van der Waals surface area contributed by atoms with Crippen LogP contribution in [0.25, 0.3) is 0 Å². The number of benzene rings is 3. The Labute approximate surface area is 213 Å². The molecule has 0 bridgehead atoms. The summed E-state index contributed by atoms with van der Waals surface area (Å²) in [6.07, 6.45) is 2.07. The first-order chi connectivity index (χ1) is 17.3. The highest BCUT2D eigenvalue weighted by Crippen LogP contribution is 2.32. The summed E-state index contributed by atoms with van der Waals surface area (Å²) < 4.78 is 25.6. The van der Waals surface area contributed by atoms with Crippen molar-refractivity contribution in [1.29, 1.82) is 0 Å². The van der Waals surface area contributed by atoms with Gasteiger partial charge in [0.05, 0.1) is 32.5 Å². The van der Waals surface area contributed by atoms with Crippen molar-refractivity contribution in [1.82, 2.24) is 0 Å². The van der Waals surface area contributed by atoms with E-state index in [-0.39, 0.29) is 23.7 Å². The SMILES string of the molecule is C=CCSC1C[C@@H](OCc2ccccc2)[C@H](OCc2ccccc2)[C@@H](COCc2ccccc2)O1. The Hall–Kier alpha value is -2.41. The second kappa shape index (κ2) is 14.2. The zero-order valence-corrected chi connectivity index (χ0v) is 20.9. The molecule has 184 valence electrons. The lowest BCUT2D eigenvalue weighted by atomic mass is 10.0. The second-order valence-electron chi connectivity index (χ2n) is 8.56. The van der Waals surface area contributed by atoms with Crippen molar-refractivity contribution in [3.63, 3.8) is 0 Å². The highest BCUT2D eigenvalue weighted by Gasteiger charge is 2.40. The summed E-state index contributed by atoms with van der Waals surface area (Å²) in [4.78, 5) is 0. The molecule has 4 nitrogen and oxygen atoms in total. The van der Waals surface area contributed by atoms with E-state index >= 15 is 0 Å². The molecule has 0 aromatic heterocycles. The molecule has 4 atom stereocenters. The van der Waals surface area contributed by atoms with Gasteiger partial charge in [0, 0.05) is 12.2 Å². The van der Waals surface area contributed by atoms with Crippen LogP contribution in [0.15, 0.2) is 104 Å². The van der Waals surface area contributed by atoms with Crippen LogP contribution in [0.1, 0.15) is 23.1 Å². The third kappa shape index (κ3) is 8.34. The van der Waals surface area contributed by atoms with Crippen molar-refractivity contribution in [3.05, 3.63) is 120 Å². The average Bonchev–Trinajstić information content (AvgIpc) is 2.92. The van der Waals surface area contributed by atoms with E-state index in [0.29, 0.717) is 26.4 Å². The maximum absolute atomic E-state index is 6.49. The van der Waals surface area contributed by atoms with Crippen LogP contribution in [0.5, 0.6) is 0 Å². The molecular formula is C30H34O4S. The molecule has 3 aromatic rings. The molecule has 0 N–H and O–H groups in total. The monoisotopic (exact) mass is 490 g/mol. The summed E-state index contributed by atoms with van der Waals surface area (Å²) in [5.41, 5.74) is 3.41. The van der Waals surface area contributed by atoms with Gasteiger partial charge in [0.25, 0.3) is 0 Å². The smallest absolute Gasteiger partial charge is 0.113 e. The van der Waals surface area contributed by atoms with Gasteiger partial charge in [0.1, 0.15) is 17.6 Å². The van der Waals surface area contributed by atoms with Gasteiger partial charge in [-0.15, -0.1) is 18.3 Å². The number of rotatable bonds is 13. The second-order valence-corrected chi connectivity index (χ2v) is 9.75. The summed E-state index contributed by atoms with van der Waals surface area (Å²) in [5.74, 6) is 0.823. The standard InChI is InChI=1S/C30H34O4S/c1-2-18-35-29-19-27(32-21-25-14-8-4-9-15-25)30(33-22-26-16-10-5-11-17-26)28(34-29)23-31-20-24-12-6-3-7-13-24/h2-17,27-30H,1,18-23H2/t27-,28-,29?,30+/m1/s1. The number of ether oxygens (including phenoxy) is 4. The van der Waals surface area contributed by atoms with Gasteiger partial charge in [0.2, 0.25) is 0 Å². The lowest BCUT2D eigenvalue weighted by Gasteiger charge is -2.41. The predicted octanol–water partition coefficient (Wildman–Crippen LogP) is 6.41. The van der Waals surface area contributed by atoms with Gasteiger partial charge >= 0.3 is 0 Å². The van der Waals surface area contributed by atoms with E-state index in [0.717, 1.165) is 28.9 Å². The Kier molecular flexibility index (Phi) is 10.4. The minimum atomic E-state index is -0.240. The molecule has 1 aliphatic heterocycles. The first kappa shape index (κ1) is 25.7. The predicted molar refractivity (Wildman–Crippen MR) is 142 cm³/mol. The van der Waals surface area contributed by atoms with Gasteiger partial charge in [-0.05, 0) is 16.7 Å². The van der Waals surface area contributed by atoms with Crippen molar-refractivity contribution in [2.45, 2.75) is 50.0 Å². The van der Waals surface area contributed by atoms with E-state index in [1.165, 1.54) is 0 Å². The normalized spacial score (nSPS) is 22.1. The minimum absolute atomic E-state index is 0.00401. The largest absolute Gasteiger partial charge is 0.374 e. The van der Waals surface area contributed by atoms with Gasteiger partial charge in [0.15, 0.2) is 0 Å². The highest BCUT2D eigenvalue weighted by molar-refractivity contribution is 7.99. The Morgan fingerprint density at radius 2 is 1.31 bits per heavy atom. The van der Waals surface area contributed by atoms with E-state index < -0.39 is 0 Å². The number of hydrogen-bond donors (Lipinski definition) is 0. The molecule has 5 heteroatoms. The average molecular weight is 491 g/mol. The fourth-order valence-corrected chi connectivity index (χ4v) is 4.99. The molecule has 0 saturated carbocycles. The van der Waals surface area contributed by atoms with E-state index in [1.54, 1.807) is 11.8 Å². The first-order valence-electron chi connectivity index (χ1n) is 12.1. The van der Waals surface area contributed by atoms with Gasteiger partial charge in [-0.2, -0.15) is 0 Å². The molecule has 0 spiro atoms. The number of hydrogen-bond acceptors (Lipinski definition) is 5. The van der Waals surface area contributed by atoms with Crippen LogP contribution in [0, 0.1) is 0 Å². The zero-order valence-electron chi connectivity index (χ0n) is 20.0. The first-order valence-corrected chi connectivity index (χ1v) is 13.2. The topological polar surface area (TPSA) is 36.9 Å². The quantitative estimate of drug-likeness (QED) is 0.259. The molecule has 1 fully saturated rings. The molecule has 4 rings (SSSR count). The van der Waals surface area contributed by atoms with Crippen LogP contribution >= 0.6 is 11.8 Å². The zero-order chi connectivity index (χ0) is 24.1. The van der Waals surface area contributed by atoms with Crippen LogP contribution < -0.4 is 0 Å². The van der Waals surface area contributed by atoms with Crippen molar-refractivity contribution in [2.75, 3.05) is 12.4 Å². The van der Waals surface area contributed by atoms with Gasteiger partial charge in [-0.1, -0.05) is 97.1 Å². The molecule has 1 aliphatic rings. The summed E-state index contributed by atoms with van der Waals surface area (Å²) in [5, 5.41) is 0. The lowest BCUT2D eigenvalue weighted by Crippen LogP contribution is -2.51. The molecule has 0 aliphatic carbocycles. The Balaban J connectivity index is 1.47. The Morgan fingerprint density at radius 3 is 1.89 bits per heavy atom. The lowest BCUT2D eigenvalue weighted by molar-refractivity contribution is -0.204. The summed E-state index contributed by atoms with van der Waals surface area (Å²) in [6.45, 7) is 5.87. The van der Waals surface area contributed by atoms with Crippen molar-refractivity contribution < 1.29 is 18.9 Å². The maximum Gasteiger partial charge on any atom is 0.113 e. The van der Waals surface area contributed by atoms with Gasteiger partial charge in [-0.25, -0.2) is 0 Å². The minimum Gasteiger partial charge on any atom is -0.374 e. The molecule has 1 heterocycles. The molecule has 3 aromatic carbocycles. The fraction of sp³-hybridized carbons (Fsp3) is 0.333. The van der Waals surface area contributed by atoms with Crippen molar-refractivity contribution in [3.8, 4) is 0 Å². The van der Waals surface area contributed by atoms with Gasteiger partial charge < -0.3 is 18.9 Å². The van der Waals surface area contributed by atoms with E-state index in [9.17, 15) is 0 Å². The van der Waals surface area contributed by atoms with Crippen LogP contribution in [-0.4, -0.2) is 36.1 Å². The third-order valence-corrected chi connectivity index (χ3v) is 6.97. The Bertz CT molecular complexity index is 983. The van der Waals surface area contributed by atoms with E-state index in [1.807, 2.05) is 60.7 Å². The highest BCUT2D eigenvalue weighted by atomic mass is 32.2. The Morgan fingerprint density at radius 1 is 0.771 bits per heavy atom. The van der Waals surface area contributed by atoms with Crippen molar-refractivity contribution in [2.24, 2.45) is 0 Å². The molecule has 1 unspecified atom stereocenters. The molecule has 0 radical (unpaired) electrons. The molecule has 1 saturated heterocycles. The van der Waals surface area contributed by atoms with E-state index in [2.05, 4.69) is 43.0 Å². The van der Waals surface area contributed by atoms with Crippen LogP contribution in [-0.2, 0) is 38.8 Å². The van der Waals surface area contributed by atoms with Crippen LogP contribution in [0.3, 0.4) is 0 Å².